The predicted molar refractivity (Wildman–Crippen MR) is 140 cm³/mol. The number of anilines is 2. The third-order valence-corrected chi connectivity index (χ3v) is 7.26. The molecule has 1 fully saturated rings. The van der Waals surface area contributed by atoms with Crippen molar-refractivity contribution in [1.82, 2.24) is 9.55 Å². The second-order valence-corrected chi connectivity index (χ2v) is 9.43. The highest BCUT2D eigenvalue weighted by Gasteiger charge is 2.35. The molecule has 0 aliphatic carbocycles. The van der Waals surface area contributed by atoms with Gasteiger partial charge in [-0.3, -0.25) is 9.59 Å². The molecule has 0 spiro atoms. The van der Waals surface area contributed by atoms with E-state index in [1.165, 1.54) is 5.56 Å². The van der Waals surface area contributed by atoms with Crippen molar-refractivity contribution >= 4 is 34.2 Å². The highest BCUT2D eigenvalue weighted by Crippen LogP contribution is 2.34. The third kappa shape index (κ3) is 3.90. The largest absolute Gasteiger partial charge is 0.497 e. The maximum Gasteiger partial charge on any atom is 0.246 e. The van der Waals surface area contributed by atoms with Crippen molar-refractivity contribution in [2.24, 2.45) is 0 Å². The van der Waals surface area contributed by atoms with Gasteiger partial charge in [-0.2, -0.15) is 0 Å². The van der Waals surface area contributed by atoms with E-state index in [1.54, 1.807) is 12.0 Å². The molecule has 7 heteroatoms. The van der Waals surface area contributed by atoms with Crippen LogP contribution in [0, 0.1) is 0 Å². The van der Waals surface area contributed by atoms with Crippen LogP contribution in [0.3, 0.4) is 0 Å². The summed E-state index contributed by atoms with van der Waals surface area (Å²) in [7, 11) is 1.63. The van der Waals surface area contributed by atoms with Crippen LogP contribution in [0.2, 0.25) is 0 Å². The fourth-order valence-electron chi connectivity index (χ4n) is 5.48. The lowest BCUT2D eigenvalue weighted by Crippen LogP contribution is -2.38. The summed E-state index contributed by atoms with van der Waals surface area (Å²) in [4.78, 5) is 35.3. The number of fused-ring (bicyclic) bond motifs is 2. The summed E-state index contributed by atoms with van der Waals surface area (Å²) in [5, 5.41) is 0. The molecule has 1 atom stereocenters. The summed E-state index contributed by atoms with van der Waals surface area (Å²) in [6.07, 6.45) is 2.30. The van der Waals surface area contributed by atoms with Crippen LogP contribution in [-0.4, -0.2) is 41.6 Å². The summed E-state index contributed by atoms with van der Waals surface area (Å²) in [5.41, 5.74) is 4.81. The van der Waals surface area contributed by atoms with Gasteiger partial charge in [0.25, 0.3) is 0 Å². The molecule has 4 aromatic rings. The molecule has 182 valence electrons. The minimum atomic E-state index is -0.103. The van der Waals surface area contributed by atoms with Crippen molar-refractivity contribution in [1.29, 1.82) is 0 Å². The van der Waals surface area contributed by atoms with Gasteiger partial charge < -0.3 is 19.1 Å². The Hall–Kier alpha value is -4.13. The molecule has 0 saturated carbocycles. The van der Waals surface area contributed by atoms with Gasteiger partial charge in [0.15, 0.2) is 0 Å². The number of hydrogen-bond acceptors (Lipinski definition) is 4. The minimum Gasteiger partial charge on any atom is -0.497 e. The van der Waals surface area contributed by atoms with Crippen molar-refractivity contribution in [3.8, 4) is 5.75 Å². The van der Waals surface area contributed by atoms with E-state index < -0.39 is 0 Å². The minimum absolute atomic E-state index is 0.0443. The molecule has 0 N–H and O–H groups in total. The number of amides is 2. The van der Waals surface area contributed by atoms with Crippen LogP contribution in [0.25, 0.3) is 11.0 Å². The third-order valence-electron chi connectivity index (χ3n) is 7.26. The van der Waals surface area contributed by atoms with Gasteiger partial charge in [-0.15, -0.1) is 0 Å². The van der Waals surface area contributed by atoms with Crippen LogP contribution in [0.15, 0.2) is 72.8 Å². The fraction of sp³-hybridized carbons (Fsp3) is 0.276. The number of aromatic nitrogens is 2. The van der Waals surface area contributed by atoms with Crippen molar-refractivity contribution in [3.05, 3.63) is 84.2 Å². The van der Waals surface area contributed by atoms with E-state index in [2.05, 4.69) is 6.07 Å². The first-order chi connectivity index (χ1) is 17.6. The fourth-order valence-corrected chi connectivity index (χ4v) is 5.48. The van der Waals surface area contributed by atoms with Crippen molar-refractivity contribution in [2.75, 3.05) is 30.0 Å². The highest BCUT2D eigenvalue weighted by atomic mass is 16.5. The maximum absolute atomic E-state index is 13.6. The SMILES string of the molecule is COc1ccc(N2CC(c3nc4ccccc4n3CC(=O)N3CCCc4ccccc43)CC2=O)cc1. The molecule has 2 aliphatic heterocycles. The second-order valence-electron chi connectivity index (χ2n) is 9.43. The van der Waals surface area contributed by atoms with Crippen molar-refractivity contribution in [3.63, 3.8) is 0 Å². The smallest absolute Gasteiger partial charge is 0.246 e. The molecule has 2 amide bonds. The van der Waals surface area contributed by atoms with Crippen LogP contribution in [0.5, 0.6) is 5.75 Å². The monoisotopic (exact) mass is 480 g/mol. The molecule has 6 rings (SSSR count). The Morgan fingerprint density at radius 3 is 2.64 bits per heavy atom. The van der Waals surface area contributed by atoms with Gasteiger partial charge in [-0.05, 0) is 60.9 Å². The number of hydrogen-bond donors (Lipinski definition) is 0. The molecule has 1 unspecified atom stereocenters. The van der Waals surface area contributed by atoms with Crippen LogP contribution in [0.4, 0.5) is 11.4 Å². The van der Waals surface area contributed by atoms with E-state index in [4.69, 9.17) is 9.72 Å². The number of ether oxygens (including phenoxy) is 1. The summed E-state index contributed by atoms with van der Waals surface area (Å²) >= 11 is 0. The lowest BCUT2D eigenvalue weighted by Gasteiger charge is -2.30. The van der Waals surface area contributed by atoms with E-state index >= 15 is 0 Å². The van der Waals surface area contributed by atoms with E-state index in [0.717, 1.165) is 46.8 Å². The van der Waals surface area contributed by atoms with E-state index in [1.807, 2.05) is 76.2 Å². The standard InChI is InChI=1S/C29H28N4O3/c1-36-23-14-12-22(13-15-23)32-18-21(17-27(32)34)29-30-24-9-3-5-11-26(24)33(29)19-28(35)31-16-6-8-20-7-2-4-10-25(20)31/h2-5,7,9-15,21H,6,8,16-19H2,1H3. The zero-order valence-corrected chi connectivity index (χ0v) is 20.3. The van der Waals surface area contributed by atoms with Crippen LogP contribution in [0.1, 0.15) is 30.1 Å². The van der Waals surface area contributed by atoms with Gasteiger partial charge in [0, 0.05) is 36.8 Å². The zero-order chi connectivity index (χ0) is 24.6. The molecule has 1 aromatic heterocycles. The first kappa shape index (κ1) is 22.3. The Balaban J connectivity index is 1.32. The number of carbonyl (C=O) groups excluding carboxylic acids is 2. The average molecular weight is 481 g/mol. The van der Waals surface area contributed by atoms with E-state index in [-0.39, 0.29) is 24.3 Å². The highest BCUT2D eigenvalue weighted by molar-refractivity contribution is 5.97. The maximum atomic E-state index is 13.6. The molecule has 3 aromatic carbocycles. The molecular weight excluding hydrogens is 452 g/mol. The normalized spacial score (nSPS) is 17.5. The molecule has 2 aliphatic rings. The second kappa shape index (κ2) is 9.15. The Labute approximate surface area is 209 Å². The molecule has 0 bridgehead atoms. The lowest BCUT2D eigenvalue weighted by molar-refractivity contribution is -0.119. The number of rotatable bonds is 5. The molecule has 36 heavy (non-hydrogen) atoms. The Morgan fingerprint density at radius 1 is 1.03 bits per heavy atom. The van der Waals surface area contributed by atoms with E-state index in [9.17, 15) is 9.59 Å². The zero-order valence-electron chi connectivity index (χ0n) is 20.3. The topological polar surface area (TPSA) is 67.7 Å². The van der Waals surface area contributed by atoms with Gasteiger partial charge in [-0.1, -0.05) is 30.3 Å². The van der Waals surface area contributed by atoms with Crippen molar-refractivity contribution < 1.29 is 14.3 Å². The number of methoxy groups -OCH3 is 1. The lowest BCUT2D eigenvalue weighted by atomic mass is 10.0. The summed E-state index contributed by atoms with van der Waals surface area (Å²) in [6, 6.07) is 23.6. The molecule has 0 radical (unpaired) electrons. The Kier molecular flexibility index (Phi) is 5.68. The number of carbonyl (C=O) groups is 2. The number of nitrogens with zero attached hydrogens (tertiary/aromatic N) is 4. The van der Waals surface area contributed by atoms with Gasteiger partial charge in [-0.25, -0.2) is 4.98 Å². The summed E-state index contributed by atoms with van der Waals surface area (Å²) in [6.45, 7) is 1.43. The first-order valence-corrected chi connectivity index (χ1v) is 12.4. The number of benzene rings is 3. The quantitative estimate of drug-likeness (QED) is 0.421. The Bertz CT molecular complexity index is 1440. The number of imidazole rings is 1. The number of aryl methyl sites for hydroxylation is 1. The van der Waals surface area contributed by atoms with Crippen LogP contribution in [-0.2, 0) is 22.6 Å². The Morgan fingerprint density at radius 2 is 1.81 bits per heavy atom. The van der Waals surface area contributed by atoms with Gasteiger partial charge >= 0.3 is 0 Å². The van der Waals surface area contributed by atoms with Crippen LogP contribution < -0.4 is 14.5 Å². The van der Waals surface area contributed by atoms with E-state index in [0.29, 0.717) is 19.5 Å². The van der Waals surface area contributed by atoms with Crippen molar-refractivity contribution in [2.45, 2.75) is 31.7 Å². The first-order valence-electron chi connectivity index (χ1n) is 12.4. The van der Waals surface area contributed by atoms with Gasteiger partial charge in [0.2, 0.25) is 11.8 Å². The average Bonchev–Trinajstić information content (AvgIpc) is 3.48. The molecule has 1 saturated heterocycles. The molecular formula is C29H28N4O3. The predicted octanol–water partition coefficient (Wildman–Crippen LogP) is 4.54. The van der Waals surface area contributed by atoms with Gasteiger partial charge in [0.05, 0.1) is 18.1 Å². The van der Waals surface area contributed by atoms with Crippen LogP contribution >= 0.6 is 0 Å². The summed E-state index contributed by atoms with van der Waals surface area (Å²) < 4.78 is 7.27. The molecule has 3 heterocycles. The number of para-hydroxylation sites is 3. The molecule has 7 nitrogen and oxygen atoms in total. The van der Waals surface area contributed by atoms with Gasteiger partial charge in [0.1, 0.15) is 18.1 Å². The summed E-state index contributed by atoms with van der Waals surface area (Å²) in [5.74, 6) is 1.54.